The number of thiophene rings is 1. The summed E-state index contributed by atoms with van der Waals surface area (Å²) in [6, 6.07) is 5.56. The molecule has 0 saturated carbocycles. The summed E-state index contributed by atoms with van der Waals surface area (Å²) in [5, 5.41) is 3.40. The van der Waals surface area contributed by atoms with E-state index >= 15 is 0 Å². The lowest BCUT2D eigenvalue weighted by molar-refractivity contribution is -0.111. The van der Waals surface area contributed by atoms with Crippen LogP contribution in [0.5, 0.6) is 11.5 Å². The number of hydrogen-bond donors (Lipinski definition) is 1. The second kappa shape index (κ2) is 11.0. The predicted octanol–water partition coefficient (Wildman–Crippen LogP) is 5.25. The molecule has 1 aromatic carbocycles. The zero-order chi connectivity index (χ0) is 22.2. The summed E-state index contributed by atoms with van der Waals surface area (Å²) in [5.41, 5.74) is 2.32. The van der Waals surface area contributed by atoms with Gasteiger partial charge >= 0.3 is 5.97 Å². The van der Waals surface area contributed by atoms with E-state index in [1.165, 1.54) is 24.5 Å². The molecule has 1 amide bonds. The van der Waals surface area contributed by atoms with Gasteiger partial charge in [0.05, 0.1) is 26.4 Å². The topological polar surface area (TPSA) is 73.9 Å². The molecule has 31 heavy (non-hydrogen) atoms. The number of anilines is 1. The van der Waals surface area contributed by atoms with Crippen molar-refractivity contribution in [2.45, 2.75) is 45.4 Å². The molecule has 1 aromatic heterocycles. The van der Waals surface area contributed by atoms with Gasteiger partial charge in [-0.25, -0.2) is 4.79 Å². The molecule has 1 aliphatic rings. The van der Waals surface area contributed by atoms with Crippen molar-refractivity contribution in [3.05, 3.63) is 45.8 Å². The molecule has 166 valence electrons. The molecule has 0 unspecified atom stereocenters. The van der Waals surface area contributed by atoms with Crippen molar-refractivity contribution >= 4 is 34.3 Å². The van der Waals surface area contributed by atoms with Gasteiger partial charge < -0.3 is 19.5 Å². The Hall–Kier alpha value is -2.80. The van der Waals surface area contributed by atoms with E-state index in [9.17, 15) is 9.59 Å². The summed E-state index contributed by atoms with van der Waals surface area (Å²) in [5.74, 6) is 0.611. The van der Waals surface area contributed by atoms with E-state index < -0.39 is 5.97 Å². The normalized spacial score (nSPS) is 12.6. The van der Waals surface area contributed by atoms with Crippen LogP contribution in [-0.4, -0.2) is 32.7 Å². The average molecular weight is 444 g/mol. The van der Waals surface area contributed by atoms with Crippen LogP contribution in [0.1, 0.15) is 59.0 Å². The van der Waals surface area contributed by atoms with Crippen molar-refractivity contribution in [2.24, 2.45) is 0 Å². The van der Waals surface area contributed by atoms with E-state index in [4.69, 9.17) is 14.2 Å². The Morgan fingerprint density at radius 2 is 2.00 bits per heavy atom. The van der Waals surface area contributed by atoms with Crippen LogP contribution >= 0.6 is 11.3 Å². The van der Waals surface area contributed by atoms with Gasteiger partial charge in [-0.3, -0.25) is 4.79 Å². The third-order valence-corrected chi connectivity index (χ3v) is 6.38. The fourth-order valence-corrected chi connectivity index (χ4v) is 4.86. The smallest absolute Gasteiger partial charge is 0.341 e. The number of aryl methyl sites for hydroxylation is 1. The molecule has 0 bridgehead atoms. The lowest BCUT2D eigenvalue weighted by Gasteiger charge is -2.11. The SMILES string of the molecule is CCCCCOc1ccc(/C=C/C(=O)Nc2sc3c(c2C(=O)OC)CCC3)cc1OC. The van der Waals surface area contributed by atoms with Crippen molar-refractivity contribution in [2.75, 3.05) is 26.1 Å². The van der Waals surface area contributed by atoms with Crippen LogP contribution in [-0.2, 0) is 22.4 Å². The molecule has 0 spiro atoms. The van der Waals surface area contributed by atoms with Crippen molar-refractivity contribution in [3.8, 4) is 11.5 Å². The van der Waals surface area contributed by atoms with E-state index in [0.717, 1.165) is 54.5 Å². The lowest BCUT2D eigenvalue weighted by Crippen LogP contribution is -2.12. The van der Waals surface area contributed by atoms with Crippen molar-refractivity contribution in [1.82, 2.24) is 0 Å². The number of carbonyl (C=O) groups is 2. The fraction of sp³-hybridized carbons (Fsp3) is 0.417. The molecular weight excluding hydrogens is 414 g/mol. The minimum absolute atomic E-state index is 0.302. The van der Waals surface area contributed by atoms with Gasteiger partial charge in [-0.15, -0.1) is 11.3 Å². The Morgan fingerprint density at radius 3 is 2.74 bits per heavy atom. The predicted molar refractivity (Wildman–Crippen MR) is 123 cm³/mol. The highest BCUT2D eigenvalue weighted by atomic mass is 32.1. The second-order valence-electron chi connectivity index (χ2n) is 7.34. The van der Waals surface area contributed by atoms with Gasteiger partial charge in [-0.2, -0.15) is 0 Å². The van der Waals surface area contributed by atoms with Gasteiger partial charge in [-0.1, -0.05) is 25.8 Å². The molecule has 0 radical (unpaired) electrons. The van der Waals surface area contributed by atoms with Crippen LogP contribution in [0.3, 0.4) is 0 Å². The van der Waals surface area contributed by atoms with Gasteiger partial charge in [-0.05, 0) is 55.0 Å². The maximum Gasteiger partial charge on any atom is 0.341 e. The van der Waals surface area contributed by atoms with E-state index in [-0.39, 0.29) is 5.91 Å². The number of benzene rings is 1. The van der Waals surface area contributed by atoms with Crippen molar-refractivity contribution < 1.29 is 23.8 Å². The van der Waals surface area contributed by atoms with Gasteiger partial charge in [0, 0.05) is 11.0 Å². The van der Waals surface area contributed by atoms with Gasteiger partial charge in [0.25, 0.3) is 0 Å². The first-order chi connectivity index (χ1) is 15.1. The monoisotopic (exact) mass is 443 g/mol. The Kier molecular flexibility index (Phi) is 8.12. The first kappa shape index (κ1) is 22.9. The number of fused-ring (bicyclic) bond motifs is 1. The number of unbranched alkanes of at least 4 members (excludes halogenated alkanes) is 2. The maximum absolute atomic E-state index is 12.5. The summed E-state index contributed by atoms with van der Waals surface area (Å²) >= 11 is 1.46. The first-order valence-corrected chi connectivity index (χ1v) is 11.4. The standard InChI is InChI=1S/C24H29NO5S/c1-4-5-6-14-30-18-12-10-16(15-19(18)28-2)11-13-21(26)25-23-22(24(27)29-3)17-8-7-9-20(17)31-23/h10-13,15H,4-9,14H2,1-3H3,(H,25,26)/b13-11+. The number of nitrogens with one attached hydrogen (secondary N) is 1. The fourth-order valence-electron chi connectivity index (χ4n) is 3.58. The Morgan fingerprint density at radius 1 is 1.16 bits per heavy atom. The summed E-state index contributed by atoms with van der Waals surface area (Å²) in [6.07, 6.45) is 9.22. The summed E-state index contributed by atoms with van der Waals surface area (Å²) in [6.45, 7) is 2.80. The molecule has 1 N–H and O–H groups in total. The third-order valence-electron chi connectivity index (χ3n) is 5.17. The quantitative estimate of drug-likeness (QED) is 0.308. The number of hydrogen-bond acceptors (Lipinski definition) is 6. The van der Waals surface area contributed by atoms with E-state index in [1.807, 2.05) is 18.2 Å². The van der Waals surface area contributed by atoms with Crippen LogP contribution in [0.15, 0.2) is 24.3 Å². The minimum Gasteiger partial charge on any atom is -0.493 e. The summed E-state index contributed by atoms with van der Waals surface area (Å²) < 4.78 is 16.1. The number of ether oxygens (including phenoxy) is 3. The second-order valence-corrected chi connectivity index (χ2v) is 8.45. The third kappa shape index (κ3) is 5.67. The van der Waals surface area contributed by atoms with E-state index in [0.29, 0.717) is 28.7 Å². The number of amides is 1. The van der Waals surface area contributed by atoms with Crippen molar-refractivity contribution in [3.63, 3.8) is 0 Å². The summed E-state index contributed by atoms with van der Waals surface area (Å²) in [7, 11) is 2.95. The van der Waals surface area contributed by atoms with E-state index in [2.05, 4.69) is 12.2 Å². The molecule has 3 rings (SSSR count). The molecule has 6 nitrogen and oxygen atoms in total. The van der Waals surface area contributed by atoms with Crippen LogP contribution < -0.4 is 14.8 Å². The highest BCUT2D eigenvalue weighted by molar-refractivity contribution is 7.17. The average Bonchev–Trinajstić information content (AvgIpc) is 3.36. The lowest BCUT2D eigenvalue weighted by atomic mass is 10.1. The molecule has 0 fully saturated rings. The van der Waals surface area contributed by atoms with Gasteiger partial charge in [0.15, 0.2) is 11.5 Å². The van der Waals surface area contributed by atoms with Crippen LogP contribution in [0, 0.1) is 0 Å². The zero-order valence-corrected chi connectivity index (χ0v) is 19.1. The van der Waals surface area contributed by atoms with Crippen molar-refractivity contribution in [1.29, 1.82) is 0 Å². The Balaban J connectivity index is 1.67. The highest BCUT2D eigenvalue weighted by Gasteiger charge is 2.27. The number of rotatable bonds is 10. The first-order valence-electron chi connectivity index (χ1n) is 10.6. The molecule has 0 saturated heterocycles. The highest BCUT2D eigenvalue weighted by Crippen LogP contribution is 2.39. The number of esters is 1. The molecule has 1 heterocycles. The maximum atomic E-state index is 12.5. The Labute approximate surface area is 187 Å². The molecule has 0 aliphatic heterocycles. The van der Waals surface area contributed by atoms with Gasteiger partial charge in [0.2, 0.25) is 5.91 Å². The molecular formula is C24H29NO5S. The number of methoxy groups -OCH3 is 2. The van der Waals surface area contributed by atoms with E-state index in [1.54, 1.807) is 13.2 Å². The minimum atomic E-state index is -0.405. The van der Waals surface area contributed by atoms with Gasteiger partial charge in [0.1, 0.15) is 5.00 Å². The molecule has 1 aliphatic carbocycles. The van der Waals surface area contributed by atoms with Crippen LogP contribution in [0.4, 0.5) is 5.00 Å². The molecule has 0 atom stereocenters. The van der Waals surface area contributed by atoms with Crippen LogP contribution in [0.2, 0.25) is 0 Å². The molecule has 7 heteroatoms. The Bertz CT molecular complexity index is 963. The number of carbonyl (C=O) groups excluding carboxylic acids is 2. The molecule has 2 aromatic rings. The summed E-state index contributed by atoms with van der Waals surface area (Å²) in [4.78, 5) is 25.9. The largest absolute Gasteiger partial charge is 0.493 e. The van der Waals surface area contributed by atoms with Crippen LogP contribution in [0.25, 0.3) is 6.08 Å². The zero-order valence-electron chi connectivity index (χ0n) is 18.3.